The van der Waals surface area contributed by atoms with Crippen LogP contribution in [0.1, 0.15) is 5.56 Å². The first-order valence-corrected chi connectivity index (χ1v) is 6.86. The van der Waals surface area contributed by atoms with E-state index in [-0.39, 0.29) is 5.56 Å². The summed E-state index contributed by atoms with van der Waals surface area (Å²) in [6.45, 7) is 1.45. The van der Waals surface area contributed by atoms with Gasteiger partial charge in [-0.05, 0) is 23.8 Å². The molecule has 86 valence electrons. The maximum Gasteiger partial charge on any atom is 0.270 e. The molecule has 0 unspecified atom stereocenters. The van der Waals surface area contributed by atoms with E-state index < -0.39 is 0 Å². The summed E-state index contributed by atoms with van der Waals surface area (Å²) >= 11 is 4.88. The molecule has 2 heterocycles. The molecule has 0 bridgehead atoms. The first-order chi connectivity index (χ1) is 8.24. The van der Waals surface area contributed by atoms with Crippen LogP contribution < -0.4 is 14.9 Å². The minimum absolute atomic E-state index is 0.0752. The molecule has 0 spiro atoms. The number of nitrogens with zero attached hydrogens (tertiary/aromatic N) is 2. The number of hydrogen-bond donors (Lipinski definition) is 0. The second-order valence-electron chi connectivity index (χ2n) is 3.79. The van der Waals surface area contributed by atoms with Gasteiger partial charge in [0.1, 0.15) is 0 Å². The summed E-state index contributed by atoms with van der Waals surface area (Å²) in [5, 5.41) is 0. The van der Waals surface area contributed by atoms with Gasteiger partial charge >= 0.3 is 0 Å². The minimum Gasteiger partial charge on any atom is -0.282 e. The summed E-state index contributed by atoms with van der Waals surface area (Å²) < 4.78 is 3.51. The zero-order valence-electron chi connectivity index (χ0n) is 8.89. The highest BCUT2D eigenvalue weighted by molar-refractivity contribution is 9.10. The molecule has 1 aliphatic heterocycles. The first-order valence-electron chi connectivity index (χ1n) is 5.25. The van der Waals surface area contributed by atoms with Gasteiger partial charge in [-0.1, -0.05) is 39.4 Å². The number of rotatable bonds is 1. The molecule has 2 aromatic rings. The van der Waals surface area contributed by atoms with Gasteiger partial charge in [0, 0.05) is 11.0 Å². The van der Waals surface area contributed by atoms with Gasteiger partial charge < -0.3 is 0 Å². The van der Waals surface area contributed by atoms with Crippen molar-refractivity contribution < 1.29 is 0 Å². The lowest BCUT2D eigenvalue weighted by Crippen LogP contribution is -2.29. The Labute approximate surface area is 110 Å². The summed E-state index contributed by atoms with van der Waals surface area (Å²) in [4.78, 5) is 17.2. The zero-order valence-corrected chi connectivity index (χ0v) is 11.3. The summed E-state index contributed by atoms with van der Waals surface area (Å²) in [5.41, 5.74) is 1.10. The van der Waals surface area contributed by atoms with E-state index >= 15 is 0 Å². The van der Waals surface area contributed by atoms with E-state index in [2.05, 4.69) is 20.9 Å². The van der Waals surface area contributed by atoms with E-state index in [1.165, 1.54) is 11.3 Å². The number of hydrogen-bond acceptors (Lipinski definition) is 3. The van der Waals surface area contributed by atoms with Crippen molar-refractivity contribution >= 4 is 33.3 Å². The van der Waals surface area contributed by atoms with Crippen LogP contribution >= 0.6 is 27.3 Å². The highest BCUT2D eigenvalue weighted by Crippen LogP contribution is 2.11. The van der Waals surface area contributed by atoms with Gasteiger partial charge in [0.15, 0.2) is 4.80 Å². The predicted molar refractivity (Wildman–Crippen MR) is 71.9 cm³/mol. The third kappa shape index (κ3) is 2.00. The molecule has 0 radical (unpaired) electrons. The molecule has 0 N–H and O–H groups in total. The summed E-state index contributed by atoms with van der Waals surface area (Å²) in [5.74, 6) is 0. The topological polar surface area (TPSA) is 34.4 Å². The predicted octanol–water partition coefficient (Wildman–Crippen LogP) is 1.13. The normalized spacial score (nSPS) is 14.8. The molecular weight excluding hydrogens is 300 g/mol. The summed E-state index contributed by atoms with van der Waals surface area (Å²) in [6.07, 6.45) is 1.92. The van der Waals surface area contributed by atoms with E-state index in [4.69, 9.17) is 0 Å². The fraction of sp³-hybridized carbons (Fsp3) is 0.167. The Balaban J connectivity index is 2.20. The average molecular weight is 309 g/mol. The largest absolute Gasteiger partial charge is 0.282 e. The van der Waals surface area contributed by atoms with Gasteiger partial charge in [-0.2, -0.15) is 0 Å². The van der Waals surface area contributed by atoms with Crippen molar-refractivity contribution in [1.29, 1.82) is 0 Å². The van der Waals surface area contributed by atoms with Gasteiger partial charge in [0.05, 0.1) is 11.1 Å². The van der Waals surface area contributed by atoms with E-state index in [0.29, 0.717) is 0 Å². The molecule has 0 atom stereocenters. The van der Waals surface area contributed by atoms with Crippen LogP contribution in [-0.2, 0) is 6.54 Å². The maximum absolute atomic E-state index is 12.0. The Kier molecular flexibility index (Phi) is 2.72. The fourth-order valence-corrected chi connectivity index (χ4v) is 3.26. The Bertz CT molecular complexity index is 745. The molecule has 5 heteroatoms. The zero-order chi connectivity index (χ0) is 11.8. The van der Waals surface area contributed by atoms with Crippen molar-refractivity contribution in [2.45, 2.75) is 6.54 Å². The molecule has 1 aromatic heterocycles. The quantitative estimate of drug-likeness (QED) is 0.778. The van der Waals surface area contributed by atoms with Crippen LogP contribution in [0, 0.1) is 0 Å². The Morgan fingerprint density at radius 2 is 2.35 bits per heavy atom. The monoisotopic (exact) mass is 308 g/mol. The van der Waals surface area contributed by atoms with Gasteiger partial charge in [-0.3, -0.25) is 14.4 Å². The maximum atomic E-state index is 12.0. The van der Waals surface area contributed by atoms with Crippen LogP contribution in [-0.4, -0.2) is 11.1 Å². The SMILES string of the molecule is O=c1/c(=C/c2cccc(Br)c2)sc2n1CCN=2. The molecule has 0 amide bonds. The third-order valence-corrected chi connectivity index (χ3v) is 4.14. The molecule has 0 aliphatic carbocycles. The van der Waals surface area contributed by atoms with Crippen molar-refractivity contribution in [2.75, 3.05) is 6.54 Å². The number of fused-ring (bicyclic) bond motifs is 1. The van der Waals surface area contributed by atoms with Gasteiger partial charge in [-0.25, -0.2) is 0 Å². The molecule has 3 rings (SSSR count). The van der Waals surface area contributed by atoms with E-state index in [1.54, 1.807) is 4.57 Å². The number of thiazole rings is 1. The van der Waals surface area contributed by atoms with E-state index in [9.17, 15) is 4.79 Å². The summed E-state index contributed by atoms with van der Waals surface area (Å²) in [6, 6.07) is 7.90. The molecule has 1 aliphatic rings. The van der Waals surface area contributed by atoms with Crippen molar-refractivity contribution in [1.82, 2.24) is 4.57 Å². The average Bonchev–Trinajstić information content (AvgIpc) is 2.84. The van der Waals surface area contributed by atoms with Gasteiger partial charge in [-0.15, -0.1) is 0 Å². The lowest BCUT2D eigenvalue weighted by molar-refractivity contribution is 0.740. The van der Waals surface area contributed by atoms with Crippen molar-refractivity contribution in [3.63, 3.8) is 0 Å². The Morgan fingerprint density at radius 3 is 3.12 bits per heavy atom. The highest BCUT2D eigenvalue weighted by atomic mass is 79.9. The van der Waals surface area contributed by atoms with Crippen molar-refractivity contribution in [3.05, 3.63) is 54.0 Å². The smallest absolute Gasteiger partial charge is 0.270 e. The second-order valence-corrected chi connectivity index (χ2v) is 5.71. The standard InChI is InChI=1S/C12H9BrN2OS/c13-9-3-1-2-8(6-9)7-10-11(16)15-5-4-14-12(15)17-10/h1-3,6-7H,4-5H2/b10-7-. The number of halogens is 1. The van der Waals surface area contributed by atoms with Crippen LogP contribution in [0.25, 0.3) is 6.08 Å². The molecule has 0 fully saturated rings. The lowest BCUT2D eigenvalue weighted by Gasteiger charge is -1.92. The molecular formula is C12H9BrN2OS. The van der Waals surface area contributed by atoms with Crippen LogP contribution in [0.3, 0.4) is 0 Å². The lowest BCUT2D eigenvalue weighted by atomic mass is 10.2. The van der Waals surface area contributed by atoms with Gasteiger partial charge in [0.2, 0.25) is 0 Å². The van der Waals surface area contributed by atoms with Crippen LogP contribution in [0.2, 0.25) is 0 Å². The minimum atomic E-state index is 0.0752. The molecule has 17 heavy (non-hydrogen) atoms. The van der Waals surface area contributed by atoms with E-state index in [0.717, 1.165) is 32.5 Å². The molecule has 1 aromatic carbocycles. The Morgan fingerprint density at radius 1 is 1.47 bits per heavy atom. The van der Waals surface area contributed by atoms with Gasteiger partial charge in [0.25, 0.3) is 5.56 Å². The fourth-order valence-electron chi connectivity index (χ4n) is 1.82. The second kappa shape index (κ2) is 4.23. The first kappa shape index (κ1) is 10.9. The Hall–Kier alpha value is -1.20. The molecule has 0 saturated carbocycles. The van der Waals surface area contributed by atoms with Crippen LogP contribution in [0.15, 0.2) is 38.5 Å². The van der Waals surface area contributed by atoms with E-state index in [1.807, 2.05) is 30.3 Å². The van der Waals surface area contributed by atoms with Crippen molar-refractivity contribution in [2.24, 2.45) is 4.99 Å². The molecule has 0 saturated heterocycles. The van der Waals surface area contributed by atoms with Crippen LogP contribution in [0.4, 0.5) is 0 Å². The van der Waals surface area contributed by atoms with Crippen molar-refractivity contribution in [3.8, 4) is 0 Å². The van der Waals surface area contributed by atoms with Crippen LogP contribution in [0.5, 0.6) is 0 Å². The number of benzene rings is 1. The highest BCUT2D eigenvalue weighted by Gasteiger charge is 2.09. The number of aromatic nitrogens is 1. The summed E-state index contributed by atoms with van der Waals surface area (Å²) in [7, 11) is 0. The third-order valence-electron chi connectivity index (χ3n) is 2.61. The molecule has 3 nitrogen and oxygen atoms in total.